The molecule has 1 aliphatic heterocycles. The highest BCUT2D eigenvalue weighted by Gasteiger charge is 2.35. The second-order valence-corrected chi connectivity index (χ2v) is 10.9. The standard InChI is InChI=1S/C26H20BrClINO4S/c1-2-33-22-12-16(11-21(29)24(22)34-15-18-8-4-6-10-20(18)28)13-23-25(31)30(26(32)35-23)14-17-7-3-5-9-19(17)27/h3-13H,2,14-15H2,1H3/b23-13+. The molecule has 0 bridgehead atoms. The summed E-state index contributed by atoms with van der Waals surface area (Å²) in [6, 6.07) is 18.8. The van der Waals surface area contributed by atoms with E-state index in [1.165, 1.54) is 4.90 Å². The van der Waals surface area contributed by atoms with Crippen molar-refractivity contribution < 1.29 is 19.1 Å². The number of imide groups is 1. The van der Waals surface area contributed by atoms with Gasteiger partial charge in [0.25, 0.3) is 11.1 Å². The molecule has 3 aromatic carbocycles. The average Bonchev–Trinajstić information content (AvgIpc) is 3.08. The first-order valence-electron chi connectivity index (χ1n) is 10.7. The molecule has 0 unspecified atom stereocenters. The van der Waals surface area contributed by atoms with Crippen LogP contribution in [0, 0.1) is 3.57 Å². The third-order valence-corrected chi connectivity index (χ3v) is 7.97. The fraction of sp³-hybridized carbons (Fsp3) is 0.154. The highest BCUT2D eigenvalue weighted by molar-refractivity contribution is 14.1. The molecule has 0 aromatic heterocycles. The van der Waals surface area contributed by atoms with E-state index in [0.717, 1.165) is 36.5 Å². The van der Waals surface area contributed by atoms with E-state index in [0.29, 0.717) is 34.6 Å². The lowest BCUT2D eigenvalue weighted by Crippen LogP contribution is -2.27. The van der Waals surface area contributed by atoms with Gasteiger partial charge in [-0.3, -0.25) is 14.5 Å². The van der Waals surface area contributed by atoms with E-state index < -0.39 is 0 Å². The minimum atomic E-state index is -0.317. The Balaban J connectivity index is 1.57. The summed E-state index contributed by atoms with van der Waals surface area (Å²) in [6.45, 7) is 2.85. The van der Waals surface area contributed by atoms with Crippen LogP contribution in [0.15, 0.2) is 70.0 Å². The van der Waals surface area contributed by atoms with E-state index in [-0.39, 0.29) is 17.7 Å². The molecular formula is C26H20BrClINO4S. The molecule has 3 aromatic rings. The van der Waals surface area contributed by atoms with Gasteiger partial charge >= 0.3 is 0 Å². The molecule has 1 heterocycles. The lowest BCUT2D eigenvalue weighted by atomic mass is 10.1. The van der Waals surface area contributed by atoms with Gasteiger partial charge in [-0.15, -0.1) is 0 Å². The number of hydrogen-bond donors (Lipinski definition) is 0. The summed E-state index contributed by atoms with van der Waals surface area (Å²) in [5.74, 6) is 0.847. The highest BCUT2D eigenvalue weighted by Crippen LogP contribution is 2.38. The molecule has 0 radical (unpaired) electrons. The summed E-state index contributed by atoms with van der Waals surface area (Å²) in [5.41, 5.74) is 2.48. The maximum Gasteiger partial charge on any atom is 0.293 e. The monoisotopic (exact) mass is 683 g/mol. The van der Waals surface area contributed by atoms with Crippen LogP contribution in [-0.4, -0.2) is 22.7 Å². The number of carbonyl (C=O) groups is 2. The fourth-order valence-electron chi connectivity index (χ4n) is 3.42. The largest absolute Gasteiger partial charge is 0.490 e. The zero-order valence-electron chi connectivity index (χ0n) is 18.6. The number of ether oxygens (including phenoxy) is 2. The van der Waals surface area contributed by atoms with E-state index in [2.05, 4.69) is 38.5 Å². The maximum absolute atomic E-state index is 13.0. The second kappa shape index (κ2) is 11.8. The van der Waals surface area contributed by atoms with Crippen molar-refractivity contribution in [2.24, 2.45) is 0 Å². The third-order valence-electron chi connectivity index (χ3n) is 5.12. The van der Waals surface area contributed by atoms with Crippen LogP contribution in [0.4, 0.5) is 4.79 Å². The van der Waals surface area contributed by atoms with Gasteiger partial charge in [0.2, 0.25) is 0 Å². The van der Waals surface area contributed by atoms with Crippen molar-refractivity contribution in [3.05, 3.63) is 95.3 Å². The molecule has 0 atom stereocenters. The Morgan fingerprint density at radius 1 is 1.06 bits per heavy atom. The van der Waals surface area contributed by atoms with Crippen molar-refractivity contribution in [2.45, 2.75) is 20.1 Å². The molecule has 1 fully saturated rings. The van der Waals surface area contributed by atoms with Crippen LogP contribution >= 0.6 is 61.9 Å². The van der Waals surface area contributed by atoms with Crippen molar-refractivity contribution in [3.8, 4) is 11.5 Å². The summed E-state index contributed by atoms with van der Waals surface area (Å²) in [7, 11) is 0. The van der Waals surface area contributed by atoms with E-state index in [1.807, 2.05) is 67.6 Å². The Bertz CT molecular complexity index is 1320. The van der Waals surface area contributed by atoms with Crippen molar-refractivity contribution in [1.82, 2.24) is 4.90 Å². The molecular weight excluding hydrogens is 665 g/mol. The summed E-state index contributed by atoms with van der Waals surface area (Å²) in [5, 5.41) is 0.340. The third kappa shape index (κ3) is 6.22. The fourth-order valence-corrected chi connectivity index (χ4v) is 5.64. The Morgan fingerprint density at radius 2 is 1.77 bits per heavy atom. The summed E-state index contributed by atoms with van der Waals surface area (Å²) in [6.07, 6.45) is 1.72. The lowest BCUT2D eigenvalue weighted by Gasteiger charge is -2.15. The van der Waals surface area contributed by atoms with Gasteiger partial charge in [-0.25, -0.2) is 0 Å². The molecule has 0 spiro atoms. The maximum atomic E-state index is 13.0. The molecule has 2 amide bonds. The van der Waals surface area contributed by atoms with E-state index in [9.17, 15) is 9.59 Å². The van der Waals surface area contributed by atoms with Crippen LogP contribution in [0.1, 0.15) is 23.6 Å². The smallest absolute Gasteiger partial charge is 0.293 e. The van der Waals surface area contributed by atoms with Gasteiger partial charge in [0.1, 0.15) is 6.61 Å². The molecule has 4 rings (SSSR count). The van der Waals surface area contributed by atoms with Crippen molar-refractivity contribution >= 4 is 79.1 Å². The number of nitrogens with zero attached hydrogens (tertiary/aromatic N) is 1. The summed E-state index contributed by atoms with van der Waals surface area (Å²) < 4.78 is 13.6. The predicted octanol–water partition coefficient (Wildman–Crippen LogP) is 7.92. The number of amides is 2. The molecule has 35 heavy (non-hydrogen) atoms. The quantitative estimate of drug-likeness (QED) is 0.178. The van der Waals surface area contributed by atoms with Crippen molar-refractivity contribution in [1.29, 1.82) is 0 Å². The number of benzene rings is 3. The molecule has 0 N–H and O–H groups in total. The summed E-state index contributed by atoms with van der Waals surface area (Å²) in [4.78, 5) is 27.2. The zero-order valence-corrected chi connectivity index (χ0v) is 23.9. The molecule has 1 aliphatic rings. The van der Waals surface area contributed by atoms with Crippen LogP contribution in [0.2, 0.25) is 5.02 Å². The molecule has 180 valence electrons. The Kier molecular flexibility index (Phi) is 8.80. The number of thioether (sulfide) groups is 1. The van der Waals surface area contributed by atoms with Gasteiger partial charge in [0.05, 0.1) is 21.6 Å². The van der Waals surface area contributed by atoms with E-state index in [4.69, 9.17) is 21.1 Å². The number of hydrogen-bond acceptors (Lipinski definition) is 5. The van der Waals surface area contributed by atoms with Gasteiger partial charge in [0.15, 0.2) is 11.5 Å². The van der Waals surface area contributed by atoms with E-state index >= 15 is 0 Å². The van der Waals surface area contributed by atoms with Gasteiger partial charge in [0, 0.05) is 15.1 Å². The summed E-state index contributed by atoms with van der Waals surface area (Å²) >= 11 is 12.8. The lowest BCUT2D eigenvalue weighted by molar-refractivity contribution is -0.123. The number of rotatable bonds is 8. The van der Waals surface area contributed by atoms with Crippen LogP contribution in [0.25, 0.3) is 6.08 Å². The number of halogens is 3. The topological polar surface area (TPSA) is 55.8 Å². The first kappa shape index (κ1) is 26.1. The average molecular weight is 685 g/mol. The zero-order chi connectivity index (χ0) is 24.9. The Labute approximate surface area is 235 Å². The van der Waals surface area contributed by atoms with Gasteiger partial charge in [-0.05, 0) is 82.7 Å². The molecule has 9 heteroatoms. The Hall–Kier alpha value is -2.01. The minimum Gasteiger partial charge on any atom is -0.490 e. The molecule has 0 aliphatic carbocycles. The van der Waals surface area contributed by atoms with Crippen LogP contribution in [0.5, 0.6) is 11.5 Å². The van der Waals surface area contributed by atoms with E-state index in [1.54, 1.807) is 6.08 Å². The van der Waals surface area contributed by atoms with Gasteiger partial charge in [-0.1, -0.05) is 63.9 Å². The molecule has 5 nitrogen and oxygen atoms in total. The normalized spacial score (nSPS) is 14.6. The Morgan fingerprint density at radius 3 is 2.49 bits per heavy atom. The number of carbonyl (C=O) groups excluding carboxylic acids is 2. The van der Waals surface area contributed by atoms with Crippen LogP contribution in [0.3, 0.4) is 0 Å². The predicted molar refractivity (Wildman–Crippen MR) is 152 cm³/mol. The highest BCUT2D eigenvalue weighted by atomic mass is 127. The van der Waals surface area contributed by atoms with Gasteiger partial charge in [-0.2, -0.15) is 0 Å². The van der Waals surface area contributed by atoms with Crippen LogP contribution in [-0.2, 0) is 17.9 Å². The molecule has 0 saturated carbocycles. The van der Waals surface area contributed by atoms with Crippen LogP contribution < -0.4 is 9.47 Å². The first-order chi connectivity index (χ1) is 16.9. The first-order valence-corrected chi connectivity index (χ1v) is 13.7. The van der Waals surface area contributed by atoms with Crippen molar-refractivity contribution in [2.75, 3.05) is 6.61 Å². The van der Waals surface area contributed by atoms with Crippen molar-refractivity contribution in [3.63, 3.8) is 0 Å². The minimum absolute atomic E-state index is 0.208. The molecule has 1 saturated heterocycles. The van der Waals surface area contributed by atoms with Gasteiger partial charge < -0.3 is 9.47 Å². The SMILES string of the molecule is CCOc1cc(/C=C2/SC(=O)N(Cc3ccccc3Br)C2=O)cc(I)c1OCc1ccccc1Cl. The second-order valence-electron chi connectivity index (χ2n) is 7.50.